The molecule has 0 rings (SSSR count). The topological polar surface area (TPSA) is 46.2 Å². The van der Waals surface area contributed by atoms with Gasteiger partial charge in [0.1, 0.15) is 6.29 Å². The second-order valence-corrected chi connectivity index (χ2v) is 2.25. The highest BCUT2D eigenvalue weighted by molar-refractivity contribution is 5.56. The van der Waals surface area contributed by atoms with Gasteiger partial charge in [-0.1, -0.05) is 6.08 Å². The first kappa shape index (κ1) is 8.88. The highest BCUT2D eigenvalue weighted by Crippen LogP contribution is 2.06. The molecule has 0 aromatic carbocycles. The maximum Gasteiger partial charge on any atom is 0.207 e. The van der Waals surface area contributed by atoms with E-state index in [0.29, 0.717) is 6.41 Å². The van der Waals surface area contributed by atoms with Gasteiger partial charge in [0.25, 0.3) is 0 Å². The summed E-state index contributed by atoms with van der Waals surface area (Å²) >= 11 is 0. The number of nitrogens with one attached hydrogen (secondary N) is 1. The summed E-state index contributed by atoms with van der Waals surface area (Å²) in [5.41, 5.74) is -0.580. The maximum atomic E-state index is 10.1. The average molecular weight is 141 g/mol. The zero-order valence-corrected chi connectivity index (χ0v) is 5.96. The summed E-state index contributed by atoms with van der Waals surface area (Å²) in [7, 11) is 0. The van der Waals surface area contributed by atoms with Gasteiger partial charge in [-0.25, -0.2) is 0 Å². The Morgan fingerprint density at radius 3 is 2.50 bits per heavy atom. The molecule has 0 saturated heterocycles. The Morgan fingerprint density at radius 1 is 1.60 bits per heavy atom. The van der Waals surface area contributed by atoms with Crippen molar-refractivity contribution in [2.75, 3.05) is 0 Å². The predicted octanol–water partition coefficient (Wildman–Crippen LogP) is 0.266. The predicted molar refractivity (Wildman–Crippen MR) is 38.5 cm³/mol. The normalized spacial score (nSPS) is 14.9. The van der Waals surface area contributed by atoms with Crippen molar-refractivity contribution < 1.29 is 9.59 Å². The van der Waals surface area contributed by atoms with Crippen LogP contribution in [-0.4, -0.2) is 18.2 Å². The van der Waals surface area contributed by atoms with Crippen molar-refractivity contribution in [2.45, 2.75) is 18.9 Å². The summed E-state index contributed by atoms with van der Waals surface area (Å²) < 4.78 is 0. The minimum absolute atomic E-state index is 0.259. The number of hydrogen-bond acceptors (Lipinski definition) is 2. The van der Waals surface area contributed by atoms with Gasteiger partial charge in [0.05, 0.1) is 5.54 Å². The lowest BCUT2D eigenvalue weighted by atomic mass is 10.00. The summed E-state index contributed by atoms with van der Waals surface area (Å²) in [5, 5.41) is 2.48. The molecule has 10 heavy (non-hydrogen) atoms. The monoisotopic (exact) mass is 141 g/mol. The molecule has 0 aromatic rings. The van der Waals surface area contributed by atoms with Crippen LogP contribution in [0.5, 0.6) is 0 Å². The number of rotatable bonds is 5. The molecular weight excluding hydrogens is 130 g/mol. The fourth-order valence-electron chi connectivity index (χ4n) is 0.509. The molecule has 0 aliphatic rings. The summed E-state index contributed by atoms with van der Waals surface area (Å²) in [4.78, 5) is 20.0. The van der Waals surface area contributed by atoms with Crippen LogP contribution < -0.4 is 5.32 Å². The molecule has 0 spiro atoms. The second-order valence-electron chi connectivity index (χ2n) is 2.25. The summed E-state index contributed by atoms with van der Waals surface area (Å²) in [6.45, 7) is 5.21. The lowest BCUT2D eigenvalue weighted by Gasteiger charge is -2.21. The largest absolute Gasteiger partial charge is 0.350 e. The third kappa shape index (κ3) is 2.44. The molecule has 3 heteroatoms. The van der Waals surface area contributed by atoms with Gasteiger partial charge in [-0.3, -0.25) is 4.79 Å². The summed E-state index contributed by atoms with van der Waals surface area (Å²) in [6, 6.07) is 0. The molecule has 1 amide bonds. The van der Waals surface area contributed by atoms with Crippen molar-refractivity contribution in [1.29, 1.82) is 0 Å². The van der Waals surface area contributed by atoms with E-state index in [1.54, 1.807) is 6.92 Å². The van der Waals surface area contributed by atoms with Crippen LogP contribution in [0.3, 0.4) is 0 Å². The van der Waals surface area contributed by atoms with Crippen molar-refractivity contribution >= 4 is 12.7 Å². The van der Waals surface area contributed by atoms with Crippen molar-refractivity contribution in [3.05, 3.63) is 12.7 Å². The van der Waals surface area contributed by atoms with E-state index in [4.69, 9.17) is 0 Å². The molecular formula is C7H11NO2. The molecule has 0 aromatic heterocycles. The smallest absolute Gasteiger partial charge is 0.207 e. The van der Waals surface area contributed by atoms with Crippen molar-refractivity contribution in [3.63, 3.8) is 0 Å². The Hall–Kier alpha value is -1.12. The Bertz CT molecular complexity index is 133. The maximum absolute atomic E-state index is 10.1. The zero-order valence-electron chi connectivity index (χ0n) is 5.96. The summed E-state index contributed by atoms with van der Waals surface area (Å²) in [6.07, 6.45) is 3.11. The Morgan fingerprint density at radius 2 is 2.20 bits per heavy atom. The van der Waals surface area contributed by atoms with Gasteiger partial charge in [-0.15, -0.1) is 6.58 Å². The molecule has 3 nitrogen and oxygen atoms in total. The molecule has 0 heterocycles. The van der Waals surface area contributed by atoms with E-state index >= 15 is 0 Å². The Kier molecular flexibility index (Phi) is 3.39. The van der Waals surface area contributed by atoms with Crippen LogP contribution >= 0.6 is 0 Å². The summed E-state index contributed by atoms with van der Waals surface area (Å²) in [5.74, 6) is 0. The average Bonchev–Trinajstić information content (AvgIpc) is 1.89. The van der Waals surface area contributed by atoms with E-state index in [1.807, 2.05) is 0 Å². The van der Waals surface area contributed by atoms with Crippen LogP contribution in [0.2, 0.25) is 0 Å². The first-order chi connectivity index (χ1) is 4.68. The SMILES string of the molecule is C=CC(C)(CC=O)NC=O. The van der Waals surface area contributed by atoms with Crippen LogP contribution in [-0.2, 0) is 9.59 Å². The van der Waals surface area contributed by atoms with E-state index in [0.717, 1.165) is 6.29 Å². The van der Waals surface area contributed by atoms with Gasteiger partial charge in [0.15, 0.2) is 0 Å². The van der Waals surface area contributed by atoms with Crippen LogP contribution in [0.1, 0.15) is 13.3 Å². The van der Waals surface area contributed by atoms with E-state index in [2.05, 4.69) is 11.9 Å². The number of carbonyl (C=O) groups is 2. The molecule has 1 unspecified atom stereocenters. The number of aldehydes is 1. The van der Waals surface area contributed by atoms with Gasteiger partial charge in [0, 0.05) is 6.42 Å². The van der Waals surface area contributed by atoms with E-state index in [9.17, 15) is 9.59 Å². The quantitative estimate of drug-likeness (QED) is 0.441. The van der Waals surface area contributed by atoms with Crippen molar-refractivity contribution in [3.8, 4) is 0 Å². The number of amides is 1. The lowest BCUT2D eigenvalue weighted by molar-refractivity contribution is -0.111. The van der Waals surface area contributed by atoms with Gasteiger partial charge in [0.2, 0.25) is 6.41 Å². The number of carbonyl (C=O) groups excluding carboxylic acids is 2. The molecule has 1 N–H and O–H groups in total. The van der Waals surface area contributed by atoms with Crippen LogP contribution in [0.4, 0.5) is 0 Å². The first-order valence-corrected chi connectivity index (χ1v) is 2.97. The van der Waals surface area contributed by atoms with Crippen molar-refractivity contribution in [1.82, 2.24) is 5.32 Å². The third-order valence-electron chi connectivity index (χ3n) is 1.35. The second kappa shape index (κ2) is 3.82. The highest BCUT2D eigenvalue weighted by Gasteiger charge is 2.16. The van der Waals surface area contributed by atoms with E-state index < -0.39 is 5.54 Å². The molecule has 0 fully saturated rings. The van der Waals surface area contributed by atoms with Gasteiger partial charge in [-0.05, 0) is 6.92 Å². The van der Waals surface area contributed by atoms with E-state index in [-0.39, 0.29) is 6.42 Å². The minimum atomic E-state index is -0.580. The third-order valence-corrected chi connectivity index (χ3v) is 1.35. The minimum Gasteiger partial charge on any atom is -0.350 e. The van der Waals surface area contributed by atoms with Gasteiger partial charge >= 0.3 is 0 Å². The zero-order chi connectivity index (χ0) is 8.04. The van der Waals surface area contributed by atoms with Gasteiger partial charge in [-0.2, -0.15) is 0 Å². The molecule has 0 saturated carbocycles. The van der Waals surface area contributed by atoms with E-state index in [1.165, 1.54) is 6.08 Å². The number of hydrogen-bond donors (Lipinski definition) is 1. The molecule has 0 aliphatic carbocycles. The standard InChI is InChI=1S/C7H11NO2/c1-3-7(2,4-5-9)8-6-10/h3,5-6H,1,4H2,2H3,(H,8,10). The Balaban J connectivity index is 4.05. The van der Waals surface area contributed by atoms with Crippen LogP contribution in [0.25, 0.3) is 0 Å². The molecule has 0 bridgehead atoms. The molecule has 0 aliphatic heterocycles. The molecule has 56 valence electrons. The van der Waals surface area contributed by atoms with Gasteiger partial charge < -0.3 is 10.1 Å². The van der Waals surface area contributed by atoms with Crippen molar-refractivity contribution in [2.24, 2.45) is 0 Å². The fourth-order valence-corrected chi connectivity index (χ4v) is 0.509. The molecule has 1 atom stereocenters. The van der Waals surface area contributed by atoms with Crippen LogP contribution in [0, 0.1) is 0 Å². The Labute approximate surface area is 60.1 Å². The highest BCUT2D eigenvalue weighted by atomic mass is 16.1. The molecule has 0 radical (unpaired) electrons. The first-order valence-electron chi connectivity index (χ1n) is 2.97. The fraction of sp³-hybridized carbons (Fsp3) is 0.429. The lowest BCUT2D eigenvalue weighted by Crippen LogP contribution is -2.39. The van der Waals surface area contributed by atoms with Crippen LogP contribution in [0.15, 0.2) is 12.7 Å².